The maximum absolute atomic E-state index is 13.8. The van der Waals surface area contributed by atoms with Crippen molar-refractivity contribution in [3.8, 4) is 11.6 Å². The van der Waals surface area contributed by atoms with Crippen molar-refractivity contribution >= 4 is 15.9 Å². The minimum Gasteiger partial charge on any atom is -0.472 e. The Kier molecular flexibility index (Phi) is 6.44. The highest BCUT2D eigenvalue weighted by atomic mass is 79.9. The molecule has 0 saturated carbocycles. The molecule has 3 aromatic rings. The predicted molar refractivity (Wildman–Crippen MR) is 110 cm³/mol. The summed E-state index contributed by atoms with van der Waals surface area (Å²) in [6.07, 6.45) is 0. The van der Waals surface area contributed by atoms with Crippen LogP contribution in [-0.4, -0.2) is 28.5 Å². The Morgan fingerprint density at radius 1 is 1.17 bits per heavy atom. The van der Waals surface area contributed by atoms with Crippen LogP contribution in [0.15, 0.2) is 51.7 Å². The molecule has 0 aliphatic rings. The van der Waals surface area contributed by atoms with E-state index in [-0.39, 0.29) is 28.1 Å². The highest BCUT2D eigenvalue weighted by molar-refractivity contribution is 9.10. The first-order valence-corrected chi connectivity index (χ1v) is 9.65. The molecule has 152 valence electrons. The van der Waals surface area contributed by atoms with Gasteiger partial charge in [-0.2, -0.15) is 4.98 Å². The van der Waals surface area contributed by atoms with E-state index in [0.717, 1.165) is 24.2 Å². The predicted octanol–water partition coefficient (Wildman–Crippen LogP) is 4.22. The second-order valence-electron chi connectivity index (χ2n) is 6.85. The topological polar surface area (TPSA) is 47.4 Å². The van der Waals surface area contributed by atoms with Crippen LogP contribution < -0.4 is 10.3 Å². The molecule has 0 atom stereocenters. The summed E-state index contributed by atoms with van der Waals surface area (Å²) in [6, 6.07) is 10.9. The van der Waals surface area contributed by atoms with Crippen LogP contribution >= 0.6 is 15.9 Å². The van der Waals surface area contributed by atoms with Crippen LogP contribution in [0.25, 0.3) is 5.69 Å². The average Bonchev–Trinajstić information content (AvgIpc) is 2.64. The van der Waals surface area contributed by atoms with Crippen LogP contribution in [0.4, 0.5) is 8.78 Å². The van der Waals surface area contributed by atoms with Gasteiger partial charge in [0.2, 0.25) is 5.88 Å². The van der Waals surface area contributed by atoms with E-state index in [2.05, 4.69) is 20.9 Å². The van der Waals surface area contributed by atoms with Crippen LogP contribution in [0, 0.1) is 18.6 Å². The maximum Gasteiger partial charge on any atom is 0.276 e. The molecule has 0 fully saturated rings. The molecule has 1 heterocycles. The summed E-state index contributed by atoms with van der Waals surface area (Å²) in [5, 5.41) is 0. The Bertz CT molecular complexity index is 1100. The molecular weight excluding hydrogens is 444 g/mol. The molecule has 0 bridgehead atoms. The van der Waals surface area contributed by atoms with Crippen molar-refractivity contribution in [2.24, 2.45) is 0 Å². The standard InChI is InChI=1S/C21H20BrF2N3O2/c1-13-25-20(29-12-15-7-8-16(23)10-18(15)24)19(22)21(28)27(13)17-6-4-5-14(9-17)11-26(2)3/h4-10H,11-12H2,1-3H3. The normalized spacial score (nSPS) is 11.1. The van der Waals surface area contributed by atoms with Gasteiger partial charge in [0.15, 0.2) is 0 Å². The Balaban J connectivity index is 1.91. The molecule has 0 unspecified atom stereocenters. The number of ether oxygens (including phenoxy) is 1. The number of aromatic nitrogens is 2. The van der Waals surface area contributed by atoms with Gasteiger partial charge in [0.25, 0.3) is 5.56 Å². The number of hydrogen-bond donors (Lipinski definition) is 0. The molecule has 0 aliphatic carbocycles. The average molecular weight is 464 g/mol. The van der Waals surface area contributed by atoms with Gasteiger partial charge in [-0.25, -0.2) is 8.78 Å². The summed E-state index contributed by atoms with van der Waals surface area (Å²) in [5.41, 5.74) is 1.57. The van der Waals surface area contributed by atoms with E-state index >= 15 is 0 Å². The maximum atomic E-state index is 13.8. The van der Waals surface area contributed by atoms with Crippen molar-refractivity contribution in [2.45, 2.75) is 20.1 Å². The zero-order valence-corrected chi connectivity index (χ0v) is 17.8. The first-order valence-electron chi connectivity index (χ1n) is 8.86. The molecule has 5 nitrogen and oxygen atoms in total. The molecule has 0 amide bonds. The molecule has 0 radical (unpaired) electrons. The zero-order chi connectivity index (χ0) is 21.1. The highest BCUT2D eigenvalue weighted by Gasteiger charge is 2.16. The van der Waals surface area contributed by atoms with Crippen molar-refractivity contribution < 1.29 is 13.5 Å². The van der Waals surface area contributed by atoms with Crippen LogP contribution in [0.3, 0.4) is 0 Å². The number of rotatable bonds is 6. The highest BCUT2D eigenvalue weighted by Crippen LogP contribution is 2.22. The molecule has 3 rings (SSSR count). The van der Waals surface area contributed by atoms with Gasteiger partial charge in [0.1, 0.15) is 28.5 Å². The number of nitrogens with zero attached hydrogens (tertiary/aromatic N) is 3. The molecule has 1 aromatic heterocycles. The largest absolute Gasteiger partial charge is 0.472 e. The van der Waals surface area contributed by atoms with Crippen molar-refractivity contribution in [1.29, 1.82) is 0 Å². The Labute approximate surface area is 175 Å². The SMILES string of the molecule is Cc1nc(OCc2ccc(F)cc2F)c(Br)c(=O)n1-c1cccc(CN(C)C)c1. The van der Waals surface area contributed by atoms with Gasteiger partial charge in [0.05, 0.1) is 5.69 Å². The fourth-order valence-electron chi connectivity index (χ4n) is 2.93. The fourth-order valence-corrected chi connectivity index (χ4v) is 3.31. The Morgan fingerprint density at radius 2 is 1.93 bits per heavy atom. The van der Waals surface area contributed by atoms with Gasteiger partial charge in [-0.15, -0.1) is 0 Å². The van der Waals surface area contributed by atoms with Gasteiger partial charge in [0, 0.05) is 18.2 Å². The summed E-state index contributed by atoms with van der Waals surface area (Å²) in [7, 11) is 3.94. The molecule has 0 spiro atoms. The van der Waals surface area contributed by atoms with E-state index < -0.39 is 11.6 Å². The van der Waals surface area contributed by atoms with Crippen molar-refractivity contribution in [2.75, 3.05) is 14.1 Å². The second kappa shape index (κ2) is 8.84. The van der Waals surface area contributed by atoms with Crippen LogP contribution in [0.1, 0.15) is 17.0 Å². The van der Waals surface area contributed by atoms with Gasteiger partial charge < -0.3 is 9.64 Å². The van der Waals surface area contributed by atoms with Gasteiger partial charge in [-0.3, -0.25) is 9.36 Å². The lowest BCUT2D eigenvalue weighted by Crippen LogP contribution is -2.24. The molecule has 0 aliphatic heterocycles. The van der Waals surface area contributed by atoms with Gasteiger partial charge in [-0.1, -0.05) is 12.1 Å². The second-order valence-corrected chi connectivity index (χ2v) is 7.64. The quantitative estimate of drug-likeness (QED) is 0.548. The summed E-state index contributed by atoms with van der Waals surface area (Å²) >= 11 is 3.24. The minimum absolute atomic E-state index is 0.0527. The monoisotopic (exact) mass is 463 g/mol. The molecule has 0 saturated heterocycles. The third-order valence-corrected chi connectivity index (χ3v) is 4.89. The van der Waals surface area contributed by atoms with Gasteiger partial charge >= 0.3 is 0 Å². The van der Waals surface area contributed by atoms with Crippen LogP contribution in [-0.2, 0) is 13.2 Å². The van der Waals surface area contributed by atoms with Crippen LogP contribution in [0.2, 0.25) is 0 Å². The van der Waals surface area contributed by atoms with E-state index in [1.807, 2.05) is 43.3 Å². The summed E-state index contributed by atoms with van der Waals surface area (Å²) in [5.74, 6) is -0.906. The van der Waals surface area contributed by atoms with E-state index in [4.69, 9.17) is 4.74 Å². The van der Waals surface area contributed by atoms with Crippen molar-refractivity contribution in [3.63, 3.8) is 0 Å². The molecule has 0 N–H and O–H groups in total. The number of aryl methyl sites for hydroxylation is 1. The number of benzene rings is 2. The summed E-state index contributed by atoms with van der Waals surface area (Å²) < 4.78 is 34.0. The number of hydrogen-bond acceptors (Lipinski definition) is 4. The van der Waals surface area contributed by atoms with Crippen molar-refractivity contribution in [1.82, 2.24) is 14.5 Å². The third kappa shape index (κ3) is 4.89. The van der Waals surface area contributed by atoms with E-state index in [0.29, 0.717) is 11.5 Å². The molecule has 8 heteroatoms. The smallest absolute Gasteiger partial charge is 0.276 e. The van der Waals surface area contributed by atoms with Crippen LogP contribution in [0.5, 0.6) is 5.88 Å². The fraction of sp³-hybridized carbons (Fsp3) is 0.238. The molecule has 2 aromatic carbocycles. The van der Waals surface area contributed by atoms with E-state index in [9.17, 15) is 13.6 Å². The van der Waals surface area contributed by atoms with Gasteiger partial charge in [-0.05, 0) is 66.8 Å². The first-order chi connectivity index (χ1) is 13.8. The summed E-state index contributed by atoms with van der Waals surface area (Å²) in [6.45, 7) is 2.25. The van der Waals surface area contributed by atoms with E-state index in [1.165, 1.54) is 10.6 Å². The Hall–Kier alpha value is -2.58. The third-order valence-electron chi connectivity index (χ3n) is 4.21. The minimum atomic E-state index is -0.719. The molecule has 29 heavy (non-hydrogen) atoms. The zero-order valence-electron chi connectivity index (χ0n) is 16.2. The lowest BCUT2D eigenvalue weighted by Gasteiger charge is -2.15. The van der Waals surface area contributed by atoms with Crippen molar-refractivity contribution in [3.05, 3.63) is 85.9 Å². The molecular formula is C21H20BrF2N3O2. The lowest BCUT2D eigenvalue weighted by molar-refractivity contribution is 0.283. The number of halogens is 3. The first kappa shape index (κ1) is 21.1. The van der Waals surface area contributed by atoms with E-state index in [1.54, 1.807) is 6.92 Å². The summed E-state index contributed by atoms with van der Waals surface area (Å²) in [4.78, 5) is 19.3. The Morgan fingerprint density at radius 3 is 2.62 bits per heavy atom. The lowest BCUT2D eigenvalue weighted by atomic mass is 10.2.